The maximum Gasteiger partial charge on any atom is 0.318 e. The Balaban J connectivity index is 2.04. The Labute approximate surface area is 125 Å². The fourth-order valence-electron chi connectivity index (χ4n) is 2.40. The zero-order valence-electron chi connectivity index (χ0n) is 12.5. The first kappa shape index (κ1) is 15.1. The third kappa shape index (κ3) is 3.84. The average Bonchev–Trinajstić information content (AvgIpc) is 3.04. The number of furan rings is 1. The van der Waals surface area contributed by atoms with E-state index in [4.69, 9.17) is 4.42 Å². The molecule has 0 aliphatic carbocycles. The molecular weight excluding hydrogens is 266 g/mol. The summed E-state index contributed by atoms with van der Waals surface area (Å²) >= 11 is 0. The van der Waals surface area contributed by atoms with E-state index < -0.39 is 0 Å². The summed E-state index contributed by atoms with van der Waals surface area (Å²) in [4.78, 5) is 18.3. The quantitative estimate of drug-likeness (QED) is 0.886. The van der Waals surface area contributed by atoms with Crippen LogP contribution in [0.3, 0.4) is 0 Å². The van der Waals surface area contributed by atoms with E-state index in [9.17, 15) is 4.79 Å². The number of carbonyl (C=O) groups is 1. The standard InChI is InChI=1S/C16H21N3O2/c1-3-15(13-7-9-17-10-8-13)19(4-2)16(20)18-12-14-6-5-11-21-14/h5-11,15H,3-4,12H2,1-2H3,(H,18,20). The highest BCUT2D eigenvalue weighted by Gasteiger charge is 2.22. The molecule has 2 heterocycles. The molecule has 0 saturated carbocycles. The second kappa shape index (κ2) is 7.47. The average molecular weight is 287 g/mol. The summed E-state index contributed by atoms with van der Waals surface area (Å²) in [5.41, 5.74) is 1.10. The van der Waals surface area contributed by atoms with Crippen molar-refractivity contribution < 1.29 is 9.21 Å². The molecular formula is C16H21N3O2. The number of hydrogen-bond acceptors (Lipinski definition) is 3. The molecule has 2 rings (SSSR count). The van der Waals surface area contributed by atoms with Crippen molar-refractivity contribution in [3.8, 4) is 0 Å². The molecule has 0 spiro atoms. The predicted octanol–water partition coefficient (Wildman–Crippen LogP) is 3.36. The summed E-state index contributed by atoms with van der Waals surface area (Å²) in [6.07, 6.45) is 5.97. The van der Waals surface area contributed by atoms with Crippen LogP contribution in [0.1, 0.15) is 37.6 Å². The topological polar surface area (TPSA) is 58.4 Å². The van der Waals surface area contributed by atoms with Crippen LogP contribution in [0.4, 0.5) is 4.79 Å². The van der Waals surface area contributed by atoms with Crippen LogP contribution < -0.4 is 5.32 Å². The van der Waals surface area contributed by atoms with Crippen molar-refractivity contribution in [1.82, 2.24) is 15.2 Å². The highest BCUT2D eigenvalue weighted by atomic mass is 16.3. The third-order valence-electron chi connectivity index (χ3n) is 3.45. The number of nitrogens with zero attached hydrogens (tertiary/aromatic N) is 2. The zero-order valence-corrected chi connectivity index (χ0v) is 12.5. The van der Waals surface area contributed by atoms with Crippen LogP contribution >= 0.6 is 0 Å². The van der Waals surface area contributed by atoms with Gasteiger partial charge in [0.15, 0.2) is 0 Å². The maximum atomic E-state index is 12.4. The van der Waals surface area contributed by atoms with Gasteiger partial charge in [0.1, 0.15) is 5.76 Å². The van der Waals surface area contributed by atoms with Crippen molar-refractivity contribution >= 4 is 6.03 Å². The van der Waals surface area contributed by atoms with E-state index in [1.54, 1.807) is 18.7 Å². The summed E-state index contributed by atoms with van der Waals surface area (Å²) in [6.45, 7) is 5.10. The summed E-state index contributed by atoms with van der Waals surface area (Å²) in [5.74, 6) is 0.747. The summed E-state index contributed by atoms with van der Waals surface area (Å²) in [5, 5.41) is 2.90. The van der Waals surface area contributed by atoms with Crippen molar-refractivity contribution in [3.05, 3.63) is 54.2 Å². The van der Waals surface area contributed by atoms with Gasteiger partial charge in [-0.2, -0.15) is 0 Å². The van der Waals surface area contributed by atoms with Gasteiger partial charge in [-0.3, -0.25) is 4.98 Å². The number of pyridine rings is 1. The monoisotopic (exact) mass is 287 g/mol. The largest absolute Gasteiger partial charge is 0.467 e. The molecule has 112 valence electrons. The van der Waals surface area contributed by atoms with Crippen LogP contribution in [0.25, 0.3) is 0 Å². The van der Waals surface area contributed by atoms with Gasteiger partial charge < -0.3 is 14.6 Å². The van der Waals surface area contributed by atoms with E-state index in [-0.39, 0.29) is 12.1 Å². The molecule has 2 amide bonds. The number of rotatable bonds is 6. The molecule has 5 heteroatoms. The molecule has 0 fully saturated rings. The highest BCUT2D eigenvalue weighted by Crippen LogP contribution is 2.23. The fourth-order valence-corrected chi connectivity index (χ4v) is 2.40. The van der Waals surface area contributed by atoms with Gasteiger partial charge in [-0.25, -0.2) is 4.79 Å². The normalized spacial score (nSPS) is 11.9. The van der Waals surface area contributed by atoms with Crippen LogP contribution in [-0.2, 0) is 6.54 Å². The Morgan fingerprint density at radius 2 is 2.10 bits per heavy atom. The Morgan fingerprint density at radius 3 is 2.67 bits per heavy atom. The number of nitrogens with one attached hydrogen (secondary N) is 1. The molecule has 1 atom stereocenters. The lowest BCUT2D eigenvalue weighted by Crippen LogP contribution is -2.41. The van der Waals surface area contributed by atoms with Gasteiger partial charge in [-0.05, 0) is 43.2 Å². The molecule has 1 N–H and O–H groups in total. The number of urea groups is 1. The molecule has 0 radical (unpaired) electrons. The molecule has 21 heavy (non-hydrogen) atoms. The van der Waals surface area contributed by atoms with Gasteiger partial charge in [0, 0.05) is 18.9 Å². The number of carbonyl (C=O) groups excluding carboxylic acids is 1. The molecule has 1 unspecified atom stereocenters. The first-order chi connectivity index (χ1) is 10.3. The second-order valence-electron chi connectivity index (χ2n) is 4.73. The summed E-state index contributed by atoms with van der Waals surface area (Å²) < 4.78 is 5.23. The molecule has 0 aromatic carbocycles. The van der Waals surface area contributed by atoms with Gasteiger partial charge in [0.05, 0.1) is 18.8 Å². The lowest BCUT2D eigenvalue weighted by molar-refractivity contribution is 0.175. The molecule has 0 bridgehead atoms. The van der Waals surface area contributed by atoms with Crippen molar-refractivity contribution in [2.75, 3.05) is 6.54 Å². The zero-order chi connectivity index (χ0) is 15.1. The first-order valence-electron chi connectivity index (χ1n) is 7.23. The molecule has 0 aliphatic rings. The molecule has 2 aromatic rings. The van der Waals surface area contributed by atoms with Gasteiger partial charge >= 0.3 is 6.03 Å². The van der Waals surface area contributed by atoms with Gasteiger partial charge in [-0.15, -0.1) is 0 Å². The van der Waals surface area contributed by atoms with Crippen molar-refractivity contribution in [3.63, 3.8) is 0 Å². The van der Waals surface area contributed by atoms with Crippen LogP contribution in [-0.4, -0.2) is 22.5 Å². The van der Waals surface area contributed by atoms with E-state index >= 15 is 0 Å². The Hall–Kier alpha value is -2.30. The van der Waals surface area contributed by atoms with Gasteiger partial charge in [0.25, 0.3) is 0 Å². The lowest BCUT2D eigenvalue weighted by Gasteiger charge is -2.30. The van der Waals surface area contributed by atoms with Crippen LogP contribution in [0.5, 0.6) is 0 Å². The number of hydrogen-bond donors (Lipinski definition) is 1. The minimum absolute atomic E-state index is 0.0506. The first-order valence-corrected chi connectivity index (χ1v) is 7.23. The SMILES string of the molecule is CCC(c1ccncc1)N(CC)C(=O)NCc1ccco1. The van der Waals surface area contributed by atoms with Crippen molar-refractivity contribution in [2.45, 2.75) is 32.9 Å². The Bertz CT molecular complexity index is 540. The van der Waals surface area contributed by atoms with Crippen LogP contribution in [0.15, 0.2) is 47.3 Å². The molecule has 5 nitrogen and oxygen atoms in total. The number of aromatic nitrogens is 1. The van der Waals surface area contributed by atoms with E-state index in [0.29, 0.717) is 13.1 Å². The minimum atomic E-state index is -0.0856. The molecule has 0 saturated heterocycles. The second-order valence-corrected chi connectivity index (χ2v) is 4.73. The predicted molar refractivity (Wildman–Crippen MR) is 80.6 cm³/mol. The van der Waals surface area contributed by atoms with Crippen molar-refractivity contribution in [2.24, 2.45) is 0 Å². The van der Waals surface area contributed by atoms with Crippen LogP contribution in [0, 0.1) is 0 Å². The van der Waals surface area contributed by atoms with E-state index in [1.165, 1.54) is 0 Å². The highest BCUT2D eigenvalue weighted by molar-refractivity contribution is 5.74. The van der Waals surface area contributed by atoms with Gasteiger partial charge in [-0.1, -0.05) is 6.92 Å². The van der Waals surface area contributed by atoms with Crippen molar-refractivity contribution in [1.29, 1.82) is 0 Å². The minimum Gasteiger partial charge on any atom is -0.467 e. The fraction of sp³-hybridized carbons (Fsp3) is 0.375. The summed E-state index contributed by atoms with van der Waals surface area (Å²) in [6, 6.07) is 7.53. The lowest BCUT2D eigenvalue weighted by atomic mass is 10.0. The maximum absolute atomic E-state index is 12.4. The third-order valence-corrected chi connectivity index (χ3v) is 3.45. The Morgan fingerprint density at radius 1 is 1.33 bits per heavy atom. The molecule has 0 aliphatic heterocycles. The Kier molecular flexibility index (Phi) is 5.37. The van der Waals surface area contributed by atoms with E-state index in [0.717, 1.165) is 17.7 Å². The number of amides is 2. The van der Waals surface area contributed by atoms with Crippen LogP contribution in [0.2, 0.25) is 0 Å². The smallest absolute Gasteiger partial charge is 0.318 e. The van der Waals surface area contributed by atoms with E-state index in [2.05, 4.69) is 17.2 Å². The van der Waals surface area contributed by atoms with Gasteiger partial charge in [0.2, 0.25) is 0 Å². The molecule has 2 aromatic heterocycles. The van der Waals surface area contributed by atoms with E-state index in [1.807, 2.05) is 36.1 Å². The summed E-state index contributed by atoms with van der Waals surface area (Å²) in [7, 11) is 0.